The average molecular weight is 591 g/mol. The van der Waals surface area contributed by atoms with Gasteiger partial charge in [0, 0.05) is 34.5 Å². The normalized spacial score (nSPS) is 11.2. The van der Waals surface area contributed by atoms with Crippen LogP contribution in [0.1, 0.15) is 5.56 Å². The highest BCUT2D eigenvalue weighted by molar-refractivity contribution is 14.1. The Kier molecular flexibility index (Phi) is 5.97. The van der Waals surface area contributed by atoms with Gasteiger partial charge in [0.2, 0.25) is 4.77 Å². The first-order chi connectivity index (χ1) is 12.4. The summed E-state index contributed by atoms with van der Waals surface area (Å²) in [6.07, 6.45) is 1.59. The predicted molar refractivity (Wildman–Crippen MR) is 124 cm³/mol. The van der Waals surface area contributed by atoms with Gasteiger partial charge >= 0.3 is 0 Å². The number of aromatic amines is 1. The van der Waals surface area contributed by atoms with Gasteiger partial charge in [-0.1, -0.05) is 0 Å². The van der Waals surface area contributed by atoms with Crippen molar-refractivity contribution in [3.05, 3.63) is 53.9 Å². The monoisotopic (exact) mass is 591 g/mol. The zero-order valence-corrected chi connectivity index (χ0v) is 19.1. The number of nitrogens with zero attached hydrogens (tertiary/aromatic N) is 4. The standard InChI is InChI=1S/C17H15I2N5OS/c1-23(2)13-5-3-10(4-6-13)16-21-22-17(26)24(16)20-9-11-7-12(18)8-14(19)15(11)25/h3-9,25H,1-2H3,(H,22,26)/b20-9+. The van der Waals surface area contributed by atoms with Crippen LogP contribution in [-0.4, -0.2) is 40.3 Å². The van der Waals surface area contributed by atoms with E-state index >= 15 is 0 Å². The van der Waals surface area contributed by atoms with E-state index in [2.05, 4.69) is 60.5 Å². The number of hydrogen-bond donors (Lipinski definition) is 2. The van der Waals surface area contributed by atoms with Crippen LogP contribution in [-0.2, 0) is 0 Å². The number of rotatable bonds is 4. The fourth-order valence-electron chi connectivity index (χ4n) is 2.30. The summed E-state index contributed by atoms with van der Waals surface area (Å²) in [4.78, 5) is 2.03. The first kappa shape index (κ1) is 19.3. The largest absolute Gasteiger partial charge is 0.506 e. The van der Waals surface area contributed by atoms with Gasteiger partial charge in [-0.05, 0) is 93.8 Å². The predicted octanol–water partition coefficient (Wildman–Crippen LogP) is 4.47. The molecule has 0 saturated carbocycles. The van der Waals surface area contributed by atoms with Crippen LogP contribution in [0, 0.1) is 11.9 Å². The smallest absolute Gasteiger partial charge is 0.216 e. The molecule has 0 fully saturated rings. The lowest BCUT2D eigenvalue weighted by Crippen LogP contribution is -2.08. The number of H-pyrrole nitrogens is 1. The summed E-state index contributed by atoms with van der Waals surface area (Å²) < 4.78 is 3.71. The van der Waals surface area contributed by atoms with Crippen molar-refractivity contribution in [1.82, 2.24) is 14.9 Å². The summed E-state index contributed by atoms with van der Waals surface area (Å²) in [5.41, 5.74) is 2.61. The Morgan fingerprint density at radius 1 is 1.23 bits per heavy atom. The second kappa shape index (κ2) is 8.05. The molecule has 0 aliphatic heterocycles. The van der Waals surface area contributed by atoms with Gasteiger partial charge in [0.15, 0.2) is 5.82 Å². The molecule has 1 heterocycles. The Bertz CT molecular complexity index is 1020. The third kappa shape index (κ3) is 4.09. The molecule has 134 valence electrons. The van der Waals surface area contributed by atoms with Gasteiger partial charge in [-0.2, -0.15) is 14.9 Å². The highest BCUT2D eigenvalue weighted by atomic mass is 127. The molecule has 9 heteroatoms. The highest BCUT2D eigenvalue weighted by Gasteiger charge is 2.10. The van der Waals surface area contributed by atoms with Crippen LogP contribution >= 0.6 is 57.4 Å². The molecule has 0 saturated heterocycles. The average Bonchev–Trinajstić information content (AvgIpc) is 2.97. The van der Waals surface area contributed by atoms with Gasteiger partial charge in [-0.3, -0.25) is 0 Å². The Morgan fingerprint density at radius 3 is 2.58 bits per heavy atom. The van der Waals surface area contributed by atoms with E-state index < -0.39 is 0 Å². The van der Waals surface area contributed by atoms with E-state index in [1.807, 2.05) is 55.4 Å². The minimum absolute atomic E-state index is 0.196. The molecule has 3 rings (SSSR count). The van der Waals surface area contributed by atoms with E-state index in [1.165, 1.54) is 0 Å². The van der Waals surface area contributed by atoms with Gasteiger partial charge in [0.25, 0.3) is 0 Å². The number of phenols is 1. The van der Waals surface area contributed by atoms with Gasteiger partial charge in [-0.15, -0.1) is 0 Å². The van der Waals surface area contributed by atoms with Crippen LogP contribution in [0.5, 0.6) is 5.75 Å². The van der Waals surface area contributed by atoms with Gasteiger partial charge in [0.1, 0.15) is 5.75 Å². The molecule has 0 amide bonds. The fourth-order valence-corrected chi connectivity index (χ4v) is 4.37. The second-order valence-corrected chi connectivity index (χ2v) is 8.47. The van der Waals surface area contributed by atoms with E-state index in [1.54, 1.807) is 10.9 Å². The van der Waals surface area contributed by atoms with Crippen molar-refractivity contribution in [3.63, 3.8) is 0 Å². The SMILES string of the molecule is CN(C)c1ccc(-c2n[nH]c(=S)n2/N=C/c2cc(I)cc(I)c2O)cc1. The Hall–Kier alpha value is -1.47. The van der Waals surface area contributed by atoms with Crippen molar-refractivity contribution in [2.45, 2.75) is 0 Å². The lowest BCUT2D eigenvalue weighted by atomic mass is 10.2. The number of aromatic nitrogens is 3. The maximum atomic E-state index is 10.2. The molecule has 0 radical (unpaired) electrons. The Balaban J connectivity index is 2.00. The summed E-state index contributed by atoms with van der Waals surface area (Å²) in [6.45, 7) is 0. The summed E-state index contributed by atoms with van der Waals surface area (Å²) in [6, 6.07) is 11.7. The van der Waals surface area contributed by atoms with E-state index in [-0.39, 0.29) is 5.75 Å². The van der Waals surface area contributed by atoms with Gasteiger partial charge in [0.05, 0.1) is 9.78 Å². The maximum Gasteiger partial charge on any atom is 0.216 e. The number of benzene rings is 2. The minimum Gasteiger partial charge on any atom is -0.506 e. The number of nitrogens with one attached hydrogen (secondary N) is 1. The molecule has 2 N–H and O–H groups in total. The molecule has 3 aromatic rings. The highest BCUT2D eigenvalue weighted by Crippen LogP contribution is 2.26. The fraction of sp³-hybridized carbons (Fsp3) is 0.118. The lowest BCUT2D eigenvalue weighted by Gasteiger charge is -2.12. The Morgan fingerprint density at radius 2 is 1.92 bits per heavy atom. The molecular formula is C17H15I2N5OS. The van der Waals surface area contributed by atoms with Crippen LogP contribution in [0.15, 0.2) is 41.5 Å². The quantitative estimate of drug-likeness (QED) is 0.267. The molecule has 0 spiro atoms. The number of halogens is 2. The lowest BCUT2D eigenvalue weighted by molar-refractivity contribution is 0.470. The van der Waals surface area contributed by atoms with Crippen LogP contribution in [0.3, 0.4) is 0 Å². The number of hydrogen-bond acceptors (Lipinski definition) is 5. The third-order valence-electron chi connectivity index (χ3n) is 3.66. The van der Waals surface area contributed by atoms with Crippen LogP contribution in [0.4, 0.5) is 5.69 Å². The van der Waals surface area contributed by atoms with E-state index in [9.17, 15) is 5.11 Å². The molecule has 0 atom stereocenters. The first-order valence-corrected chi connectivity index (χ1v) is 10.1. The van der Waals surface area contributed by atoms with E-state index in [4.69, 9.17) is 12.2 Å². The maximum absolute atomic E-state index is 10.2. The van der Waals surface area contributed by atoms with Crippen molar-refractivity contribution in [1.29, 1.82) is 0 Å². The minimum atomic E-state index is 0.196. The molecule has 2 aromatic carbocycles. The van der Waals surface area contributed by atoms with E-state index in [0.29, 0.717) is 16.2 Å². The van der Waals surface area contributed by atoms with Crippen LogP contribution in [0.25, 0.3) is 11.4 Å². The van der Waals surface area contributed by atoms with Crippen LogP contribution < -0.4 is 4.90 Å². The third-order valence-corrected chi connectivity index (χ3v) is 5.37. The second-order valence-electron chi connectivity index (χ2n) is 5.68. The van der Waals surface area contributed by atoms with Crippen molar-refractivity contribution in [2.24, 2.45) is 5.10 Å². The summed E-state index contributed by atoms with van der Waals surface area (Å²) >= 11 is 9.60. The molecule has 0 bridgehead atoms. The summed E-state index contributed by atoms with van der Waals surface area (Å²) in [7, 11) is 3.98. The number of phenolic OH excluding ortho intramolecular Hbond substituents is 1. The van der Waals surface area contributed by atoms with Gasteiger partial charge in [-0.25, -0.2) is 5.10 Å². The van der Waals surface area contributed by atoms with Crippen molar-refractivity contribution >= 4 is 69.3 Å². The first-order valence-electron chi connectivity index (χ1n) is 7.54. The number of aromatic hydroxyl groups is 1. The molecule has 0 aliphatic rings. The van der Waals surface area contributed by atoms with Crippen molar-refractivity contribution in [2.75, 3.05) is 19.0 Å². The van der Waals surface area contributed by atoms with E-state index in [0.717, 1.165) is 18.4 Å². The van der Waals surface area contributed by atoms with Gasteiger partial charge < -0.3 is 10.0 Å². The van der Waals surface area contributed by atoms with Crippen molar-refractivity contribution < 1.29 is 5.11 Å². The molecular weight excluding hydrogens is 576 g/mol. The molecule has 6 nitrogen and oxygen atoms in total. The summed E-state index contributed by atoms with van der Waals surface area (Å²) in [5, 5.41) is 21.7. The zero-order chi connectivity index (χ0) is 18.8. The van der Waals surface area contributed by atoms with Crippen molar-refractivity contribution in [3.8, 4) is 17.1 Å². The molecule has 0 unspecified atom stereocenters. The number of anilines is 1. The molecule has 1 aromatic heterocycles. The topological polar surface area (TPSA) is 69.4 Å². The zero-order valence-electron chi connectivity index (χ0n) is 13.9. The van der Waals surface area contributed by atoms with Crippen LogP contribution in [0.2, 0.25) is 0 Å². The Labute approximate surface area is 183 Å². The summed E-state index contributed by atoms with van der Waals surface area (Å²) in [5.74, 6) is 0.804. The molecule has 0 aliphatic carbocycles. The molecule has 26 heavy (non-hydrogen) atoms.